The Hall–Kier alpha value is -2.63. The molecule has 22 heavy (non-hydrogen) atoms. The van der Waals surface area contributed by atoms with Gasteiger partial charge in [-0.3, -0.25) is 9.59 Å². The standard InChI is InChI=1S/C16H16N2O4/c1-9-13(10(2)22-17-9)7-18-14-6-12(8-19)4-5-15(14)21-11(3)16(18)20/h4-6,8,11H,7H2,1-3H3. The predicted molar refractivity (Wildman–Crippen MR) is 79.1 cm³/mol. The van der Waals surface area contributed by atoms with Gasteiger partial charge in [-0.2, -0.15) is 0 Å². The summed E-state index contributed by atoms with van der Waals surface area (Å²) in [4.78, 5) is 25.1. The fourth-order valence-corrected chi connectivity index (χ4v) is 2.55. The molecule has 0 aliphatic carbocycles. The summed E-state index contributed by atoms with van der Waals surface area (Å²) in [6.45, 7) is 5.69. The molecule has 1 unspecified atom stereocenters. The first-order valence-corrected chi connectivity index (χ1v) is 7.00. The molecule has 0 N–H and O–H groups in total. The highest BCUT2D eigenvalue weighted by Crippen LogP contribution is 2.36. The minimum atomic E-state index is -0.574. The summed E-state index contributed by atoms with van der Waals surface area (Å²) < 4.78 is 10.8. The molecule has 1 atom stereocenters. The molecule has 1 aromatic heterocycles. The molecule has 0 fully saturated rings. The number of hydrogen-bond donors (Lipinski definition) is 0. The molecule has 0 saturated heterocycles. The molecule has 2 aromatic rings. The first kappa shape index (κ1) is 14.3. The van der Waals surface area contributed by atoms with Gasteiger partial charge in [0.25, 0.3) is 5.91 Å². The van der Waals surface area contributed by atoms with Crippen LogP contribution in [0.25, 0.3) is 0 Å². The van der Waals surface area contributed by atoms with E-state index in [1.165, 1.54) is 0 Å². The van der Waals surface area contributed by atoms with Crippen LogP contribution in [0.15, 0.2) is 22.7 Å². The smallest absolute Gasteiger partial charge is 0.268 e. The summed E-state index contributed by atoms with van der Waals surface area (Å²) in [6.07, 6.45) is 0.173. The zero-order valence-corrected chi connectivity index (χ0v) is 12.6. The Balaban J connectivity index is 2.06. The van der Waals surface area contributed by atoms with Gasteiger partial charge in [-0.1, -0.05) is 5.16 Å². The Kier molecular flexibility index (Phi) is 3.44. The maximum atomic E-state index is 12.5. The first-order chi connectivity index (χ1) is 10.5. The lowest BCUT2D eigenvalue weighted by molar-refractivity contribution is -0.125. The van der Waals surface area contributed by atoms with E-state index in [1.54, 1.807) is 30.0 Å². The van der Waals surface area contributed by atoms with Crippen molar-refractivity contribution in [2.75, 3.05) is 4.90 Å². The number of benzene rings is 1. The van der Waals surface area contributed by atoms with Crippen molar-refractivity contribution in [3.05, 3.63) is 40.8 Å². The molecule has 114 valence electrons. The van der Waals surface area contributed by atoms with E-state index >= 15 is 0 Å². The highest BCUT2D eigenvalue weighted by Gasteiger charge is 2.32. The SMILES string of the molecule is Cc1noc(C)c1CN1C(=O)C(C)Oc2ccc(C=O)cc21. The van der Waals surface area contributed by atoms with Crippen LogP contribution in [0.2, 0.25) is 0 Å². The van der Waals surface area contributed by atoms with Gasteiger partial charge in [-0.05, 0) is 39.0 Å². The number of anilines is 1. The Labute approximate surface area is 127 Å². The van der Waals surface area contributed by atoms with E-state index in [2.05, 4.69) is 5.16 Å². The number of fused-ring (bicyclic) bond motifs is 1. The zero-order valence-electron chi connectivity index (χ0n) is 12.6. The van der Waals surface area contributed by atoms with Gasteiger partial charge in [0.1, 0.15) is 17.8 Å². The van der Waals surface area contributed by atoms with E-state index in [0.717, 1.165) is 17.5 Å². The lowest BCUT2D eigenvalue weighted by atomic mass is 10.1. The summed E-state index contributed by atoms with van der Waals surface area (Å²) in [7, 11) is 0. The third kappa shape index (κ3) is 2.26. The highest BCUT2D eigenvalue weighted by molar-refractivity contribution is 6.00. The fourth-order valence-electron chi connectivity index (χ4n) is 2.55. The van der Waals surface area contributed by atoms with E-state index < -0.39 is 6.10 Å². The highest BCUT2D eigenvalue weighted by atomic mass is 16.5. The molecule has 6 nitrogen and oxygen atoms in total. The number of carbonyl (C=O) groups is 2. The van der Waals surface area contributed by atoms with Crippen molar-refractivity contribution < 1.29 is 18.8 Å². The van der Waals surface area contributed by atoms with Crippen LogP contribution in [0.1, 0.15) is 34.3 Å². The fraction of sp³-hybridized carbons (Fsp3) is 0.312. The monoisotopic (exact) mass is 300 g/mol. The second-order valence-corrected chi connectivity index (χ2v) is 5.33. The summed E-state index contributed by atoms with van der Waals surface area (Å²) >= 11 is 0. The van der Waals surface area contributed by atoms with Gasteiger partial charge in [0.2, 0.25) is 0 Å². The van der Waals surface area contributed by atoms with Gasteiger partial charge in [-0.25, -0.2) is 0 Å². The number of rotatable bonds is 3. The Morgan fingerprint density at radius 2 is 2.14 bits per heavy atom. The second-order valence-electron chi connectivity index (χ2n) is 5.33. The molecule has 6 heteroatoms. The number of aryl methyl sites for hydroxylation is 2. The van der Waals surface area contributed by atoms with E-state index in [1.807, 2.05) is 13.8 Å². The molecule has 0 bridgehead atoms. The molecular formula is C16H16N2O4. The Morgan fingerprint density at radius 3 is 2.77 bits per heavy atom. The lowest BCUT2D eigenvalue weighted by Crippen LogP contribution is -2.44. The number of aromatic nitrogens is 1. The lowest BCUT2D eigenvalue weighted by Gasteiger charge is -2.33. The number of amides is 1. The second kappa shape index (κ2) is 5.29. The summed E-state index contributed by atoms with van der Waals surface area (Å²) in [5.41, 5.74) is 2.70. The third-order valence-corrected chi connectivity index (χ3v) is 3.82. The van der Waals surface area contributed by atoms with Crippen LogP contribution in [-0.4, -0.2) is 23.5 Å². The molecule has 0 spiro atoms. The van der Waals surface area contributed by atoms with Crippen molar-refractivity contribution in [1.82, 2.24) is 5.16 Å². The normalized spacial score (nSPS) is 17.1. The van der Waals surface area contributed by atoms with Crippen LogP contribution in [-0.2, 0) is 11.3 Å². The molecule has 1 aliphatic rings. The van der Waals surface area contributed by atoms with Crippen molar-refractivity contribution >= 4 is 17.9 Å². The van der Waals surface area contributed by atoms with Gasteiger partial charge in [0.05, 0.1) is 17.9 Å². The summed E-state index contributed by atoms with van der Waals surface area (Å²) in [5, 5.41) is 3.92. The Morgan fingerprint density at radius 1 is 1.36 bits per heavy atom. The maximum absolute atomic E-state index is 12.5. The van der Waals surface area contributed by atoms with Crippen molar-refractivity contribution in [3.63, 3.8) is 0 Å². The average molecular weight is 300 g/mol. The topological polar surface area (TPSA) is 72.6 Å². The molecular weight excluding hydrogens is 284 g/mol. The number of carbonyl (C=O) groups excluding carboxylic acids is 2. The predicted octanol–water partition coefficient (Wildman–Crippen LogP) is 2.42. The van der Waals surface area contributed by atoms with Crippen LogP contribution >= 0.6 is 0 Å². The molecule has 1 aromatic carbocycles. The first-order valence-electron chi connectivity index (χ1n) is 7.00. The van der Waals surface area contributed by atoms with E-state index in [4.69, 9.17) is 9.26 Å². The van der Waals surface area contributed by atoms with Gasteiger partial charge >= 0.3 is 0 Å². The van der Waals surface area contributed by atoms with Crippen LogP contribution in [0.3, 0.4) is 0 Å². The maximum Gasteiger partial charge on any atom is 0.268 e. The van der Waals surface area contributed by atoms with Crippen molar-refractivity contribution in [3.8, 4) is 5.75 Å². The Bertz CT molecular complexity index is 731. The van der Waals surface area contributed by atoms with Gasteiger partial charge < -0.3 is 14.2 Å². The minimum absolute atomic E-state index is 0.157. The van der Waals surface area contributed by atoms with Crippen LogP contribution in [0.5, 0.6) is 5.75 Å². The number of aldehydes is 1. The molecule has 0 saturated carbocycles. The van der Waals surface area contributed by atoms with Crippen molar-refractivity contribution in [2.24, 2.45) is 0 Å². The van der Waals surface area contributed by atoms with E-state index in [9.17, 15) is 9.59 Å². The summed E-state index contributed by atoms with van der Waals surface area (Å²) in [5.74, 6) is 1.11. The van der Waals surface area contributed by atoms with Crippen molar-refractivity contribution in [1.29, 1.82) is 0 Å². The molecule has 1 amide bonds. The number of ether oxygens (including phenoxy) is 1. The molecule has 1 aliphatic heterocycles. The average Bonchev–Trinajstić information content (AvgIpc) is 2.83. The largest absolute Gasteiger partial charge is 0.479 e. The molecule has 0 radical (unpaired) electrons. The number of nitrogens with zero attached hydrogens (tertiary/aromatic N) is 2. The van der Waals surface area contributed by atoms with Crippen LogP contribution < -0.4 is 9.64 Å². The third-order valence-electron chi connectivity index (χ3n) is 3.82. The molecule has 2 heterocycles. The zero-order chi connectivity index (χ0) is 15.9. The van der Waals surface area contributed by atoms with E-state index in [0.29, 0.717) is 29.3 Å². The minimum Gasteiger partial charge on any atom is -0.479 e. The van der Waals surface area contributed by atoms with Gasteiger partial charge in [0.15, 0.2) is 6.10 Å². The van der Waals surface area contributed by atoms with E-state index in [-0.39, 0.29) is 5.91 Å². The van der Waals surface area contributed by atoms with Crippen LogP contribution in [0.4, 0.5) is 5.69 Å². The number of hydrogen-bond acceptors (Lipinski definition) is 5. The quantitative estimate of drug-likeness (QED) is 0.814. The van der Waals surface area contributed by atoms with Gasteiger partial charge in [0, 0.05) is 11.1 Å². The van der Waals surface area contributed by atoms with Gasteiger partial charge in [-0.15, -0.1) is 0 Å². The summed E-state index contributed by atoms with van der Waals surface area (Å²) in [6, 6.07) is 5.04. The van der Waals surface area contributed by atoms with Crippen molar-refractivity contribution in [2.45, 2.75) is 33.4 Å². The molecule has 3 rings (SSSR count). The van der Waals surface area contributed by atoms with Crippen LogP contribution in [0, 0.1) is 13.8 Å².